The van der Waals surface area contributed by atoms with E-state index in [1.807, 2.05) is 12.1 Å². The molecule has 1 nitrogen and oxygen atoms in total. The summed E-state index contributed by atoms with van der Waals surface area (Å²) < 4.78 is 0. The third-order valence-electron chi connectivity index (χ3n) is 3.10. The van der Waals surface area contributed by atoms with Gasteiger partial charge in [-0.3, -0.25) is 0 Å². The number of nitrogen functional groups attached to an aromatic ring is 1. The van der Waals surface area contributed by atoms with E-state index in [0.29, 0.717) is 5.41 Å². The molecule has 0 fully saturated rings. The molecule has 0 aromatic heterocycles. The van der Waals surface area contributed by atoms with Gasteiger partial charge in [-0.1, -0.05) is 46.2 Å². The fourth-order valence-corrected chi connectivity index (χ4v) is 2.49. The average molecular weight is 233 g/mol. The molecule has 1 rings (SSSR count). The number of hydrogen-bond donors (Lipinski definition) is 1. The maximum absolute atomic E-state index is 5.67. The van der Waals surface area contributed by atoms with E-state index in [0.717, 1.165) is 11.6 Å². The van der Waals surface area contributed by atoms with Crippen molar-refractivity contribution < 1.29 is 0 Å². The first-order chi connectivity index (χ1) is 7.87. The third kappa shape index (κ3) is 6.35. The Bertz CT molecular complexity index is 318. The molecule has 1 heteroatoms. The molecule has 1 atom stereocenters. The van der Waals surface area contributed by atoms with Crippen LogP contribution < -0.4 is 5.73 Å². The maximum atomic E-state index is 5.67. The topological polar surface area (TPSA) is 26.0 Å². The van der Waals surface area contributed by atoms with Gasteiger partial charge in [0.1, 0.15) is 0 Å². The van der Waals surface area contributed by atoms with E-state index in [4.69, 9.17) is 5.73 Å². The van der Waals surface area contributed by atoms with Crippen molar-refractivity contribution in [2.45, 2.75) is 53.4 Å². The molecule has 0 aliphatic heterocycles. The van der Waals surface area contributed by atoms with Crippen molar-refractivity contribution in [3.63, 3.8) is 0 Å². The van der Waals surface area contributed by atoms with Gasteiger partial charge in [0.25, 0.3) is 0 Å². The van der Waals surface area contributed by atoms with Gasteiger partial charge >= 0.3 is 0 Å². The van der Waals surface area contributed by atoms with Crippen molar-refractivity contribution >= 4 is 5.69 Å². The number of rotatable bonds is 5. The molecule has 2 N–H and O–H groups in total. The highest BCUT2D eigenvalue weighted by molar-refractivity contribution is 5.39. The Morgan fingerprint density at radius 1 is 1.12 bits per heavy atom. The van der Waals surface area contributed by atoms with Crippen LogP contribution >= 0.6 is 0 Å². The minimum absolute atomic E-state index is 0.459. The molecular weight excluding hydrogens is 206 g/mol. The van der Waals surface area contributed by atoms with Crippen molar-refractivity contribution in [1.29, 1.82) is 0 Å². The summed E-state index contributed by atoms with van der Waals surface area (Å²) in [6.07, 6.45) is 5.09. The zero-order valence-electron chi connectivity index (χ0n) is 11.8. The molecule has 1 unspecified atom stereocenters. The lowest BCUT2D eigenvalue weighted by atomic mass is 9.83. The van der Waals surface area contributed by atoms with Gasteiger partial charge in [0, 0.05) is 5.69 Å². The van der Waals surface area contributed by atoms with Gasteiger partial charge in [-0.2, -0.15) is 0 Å². The second-order valence-corrected chi connectivity index (χ2v) is 6.50. The van der Waals surface area contributed by atoms with E-state index in [-0.39, 0.29) is 0 Å². The molecule has 0 saturated heterocycles. The summed E-state index contributed by atoms with van der Waals surface area (Å²) in [4.78, 5) is 0. The van der Waals surface area contributed by atoms with Crippen molar-refractivity contribution in [2.24, 2.45) is 11.3 Å². The summed E-state index contributed by atoms with van der Waals surface area (Å²) >= 11 is 0. The van der Waals surface area contributed by atoms with Crippen molar-refractivity contribution in [2.75, 3.05) is 5.73 Å². The zero-order valence-corrected chi connectivity index (χ0v) is 11.8. The Morgan fingerprint density at radius 2 is 1.71 bits per heavy atom. The predicted molar refractivity (Wildman–Crippen MR) is 77.0 cm³/mol. The molecule has 0 aliphatic carbocycles. The fraction of sp³-hybridized carbons (Fsp3) is 0.625. The lowest BCUT2D eigenvalue weighted by Gasteiger charge is -2.23. The Labute approximate surface area is 106 Å². The Hall–Kier alpha value is -0.980. The Kier molecular flexibility index (Phi) is 5.04. The van der Waals surface area contributed by atoms with Crippen molar-refractivity contribution in [3.05, 3.63) is 29.8 Å². The standard InChI is InChI=1S/C16H27N/c1-13(12-16(2,3)4)6-5-7-14-8-10-15(17)11-9-14/h8-11,13H,5-7,12,17H2,1-4H3. The van der Waals surface area contributed by atoms with Gasteiger partial charge in [-0.05, 0) is 48.3 Å². The molecular formula is C16H27N. The molecule has 0 saturated carbocycles. The number of anilines is 1. The highest BCUT2D eigenvalue weighted by Gasteiger charge is 2.14. The molecule has 17 heavy (non-hydrogen) atoms. The first-order valence-electron chi connectivity index (χ1n) is 6.71. The van der Waals surface area contributed by atoms with Gasteiger partial charge in [0.15, 0.2) is 0 Å². The number of benzene rings is 1. The minimum Gasteiger partial charge on any atom is -0.399 e. The van der Waals surface area contributed by atoms with Crippen LogP contribution in [0.2, 0.25) is 0 Å². The van der Waals surface area contributed by atoms with Crippen LogP contribution in [0, 0.1) is 11.3 Å². The number of hydrogen-bond acceptors (Lipinski definition) is 1. The smallest absolute Gasteiger partial charge is 0.0314 e. The summed E-state index contributed by atoms with van der Waals surface area (Å²) in [5.41, 5.74) is 8.39. The molecule has 0 heterocycles. The lowest BCUT2D eigenvalue weighted by molar-refractivity contribution is 0.293. The third-order valence-corrected chi connectivity index (χ3v) is 3.10. The van der Waals surface area contributed by atoms with Gasteiger partial charge in [-0.25, -0.2) is 0 Å². The van der Waals surface area contributed by atoms with E-state index in [1.165, 1.54) is 31.2 Å². The predicted octanol–water partition coefficient (Wildman–Crippen LogP) is 4.66. The van der Waals surface area contributed by atoms with Crippen molar-refractivity contribution in [3.8, 4) is 0 Å². The lowest BCUT2D eigenvalue weighted by Crippen LogP contribution is -2.11. The largest absolute Gasteiger partial charge is 0.399 e. The van der Waals surface area contributed by atoms with E-state index >= 15 is 0 Å². The summed E-state index contributed by atoms with van der Waals surface area (Å²) in [5.74, 6) is 0.823. The van der Waals surface area contributed by atoms with E-state index in [9.17, 15) is 0 Å². The second kappa shape index (κ2) is 6.09. The van der Waals surface area contributed by atoms with Crippen LogP contribution in [-0.2, 0) is 6.42 Å². The van der Waals surface area contributed by atoms with Crippen LogP contribution in [0.4, 0.5) is 5.69 Å². The molecule has 1 aromatic rings. The maximum Gasteiger partial charge on any atom is 0.0314 e. The highest BCUT2D eigenvalue weighted by Crippen LogP contribution is 2.27. The van der Waals surface area contributed by atoms with Crippen LogP contribution in [0.3, 0.4) is 0 Å². The summed E-state index contributed by atoms with van der Waals surface area (Å²) in [5, 5.41) is 0. The quantitative estimate of drug-likeness (QED) is 0.735. The molecule has 0 amide bonds. The van der Waals surface area contributed by atoms with Crippen LogP contribution in [0.1, 0.15) is 52.5 Å². The summed E-state index contributed by atoms with van der Waals surface area (Å²) in [6, 6.07) is 8.27. The molecule has 96 valence electrons. The van der Waals surface area contributed by atoms with Gasteiger partial charge in [0.05, 0.1) is 0 Å². The van der Waals surface area contributed by atoms with Crippen LogP contribution in [0.25, 0.3) is 0 Å². The number of nitrogens with two attached hydrogens (primary N) is 1. The average Bonchev–Trinajstić information content (AvgIpc) is 2.18. The first kappa shape index (κ1) is 14.1. The Morgan fingerprint density at radius 3 is 2.24 bits per heavy atom. The van der Waals surface area contributed by atoms with Crippen LogP contribution in [0.15, 0.2) is 24.3 Å². The first-order valence-corrected chi connectivity index (χ1v) is 6.71. The van der Waals surface area contributed by atoms with Crippen LogP contribution in [0.5, 0.6) is 0 Å². The summed E-state index contributed by atoms with van der Waals surface area (Å²) in [7, 11) is 0. The SMILES string of the molecule is CC(CCCc1ccc(N)cc1)CC(C)(C)C. The van der Waals surface area contributed by atoms with Gasteiger partial charge < -0.3 is 5.73 Å². The summed E-state index contributed by atoms with van der Waals surface area (Å²) in [6.45, 7) is 9.34. The molecule has 0 spiro atoms. The molecule has 1 aromatic carbocycles. The van der Waals surface area contributed by atoms with Crippen LogP contribution in [-0.4, -0.2) is 0 Å². The van der Waals surface area contributed by atoms with Gasteiger partial charge in [-0.15, -0.1) is 0 Å². The van der Waals surface area contributed by atoms with Gasteiger partial charge in [0.2, 0.25) is 0 Å². The van der Waals surface area contributed by atoms with E-state index < -0.39 is 0 Å². The monoisotopic (exact) mass is 233 g/mol. The van der Waals surface area contributed by atoms with E-state index in [2.05, 4.69) is 39.8 Å². The Balaban J connectivity index is 2.26. The highest BCUT2D eigenvalue weighted by atomic mass is 14.5. The number of aryl methyl sites for hydroxylation is 1. The molecule has 0 bridgehead atoms. The molecule has 0 aliphatic rings. The van der Waals surface area contributed by atoms with Crippen molar-refractivity contribution in [1.82, 2.24) is 0 Å². The fourth-order valence-electron chi connectivity index (χ4n) is 2.49. The zero-order chi connectivity index (χ0) is 12.9. The normalized spacial score (nSPS) is 13.6. The van der Waals surface area contributed by atoms with E-state index in [1.54, 1.807) is 0 Å². The second-order valence-electron chi connectivity index (χ2n) is 6.50. The molecule has 0 radical (unpaired) electrons. The minimum atomic E-state index is 0.459.